The van der Waals surface area contributed by atoms with Gasteiger partial charge in [0.2, 0.25) is 0 Å². The molecule has 0 aliphatic carbocycles. The highest BCUT2D eigenvalue weighted by atomic mass is 19.2. The van der Waals surface area contributed by atoms with E-state index in [0.29, 0.717) is 0 Å². The van der Waals surface area contributed by atoms with E-state index < -0.39 is 35.1 Å². The van der Waals surface area contributed by atoms with Crippen LogP contribution in [0, 0.1) is 11.6 Å². The second-order valence-electron chi connectivity index (χ2n) is 6.93. The number of ether oxygens (including phenoxy) is 1. The highest BCUT2D eigenvalue weighted by Crippen LogP contribution is 2.44. The van der Waals surface area contributed by atoms with Crippen molar-refractivity contribution in [3.8, 4) is 11.5 Å². The van der Waals surface area contributed by atoms with Crippen molar-refractivity contribution in [1.29, 1.82) is 0 Å². The number of aliphatic hydroxyl groups excluding tert-OH is 1. The zero-order valence-electron chi connectivity index (χ0n) is 16.6. The lowest BCUT2D eigenvalue weighted by Gasteiger charge is -2.26. The summed E-state index contributed by atoms with van der Waals surface area (Å²) in [6.07, 6.45) is 2.80. The van der Waals surface area contributed by atoms with Crippen molar-refractivity contribution in [3.05, 3.63) is 89.3 Å². The minimum Gasteiger partial charge on any atom is -0.507 e. The van der Waals surface area contributed by atoms with Gasteiger partial charge < -0.3 is 14.9 Å². The van der Waals surface area contributed by atoms with Crippen molar-refractivity contribution in [2.45, 2.75) is 6.04 Å². The number of amides is 1. The molecule has 2 N–H and O–H groups in total. The van der Waals surface area contributed by atoms with Gasteiger partial charge in [0.1, 0.15) is 5.76 Å². The summed E-state index contributed by atoms with van der Waals surface area (Å²) in [5.41, 5.74) is 0.0874. The Morgan fingerprint density at radius 1 is 1.03 bits per heavy atom. The number of phenols is 1. The molecule has 162 valence electrons. The maximum atomic E-state index is 13.9. The molecule has 7 nitrogen and oxygen atoms in total. The number of benzene rings is 2. The quantitative estimate of drug-likeness (QED) is 0.366. The summed E-state index contributed by atoms with van der Waals surface area (Å²) in [6, 6.07) is 8.59. The van der Waals surface area contributed by atoms with Crippen LogP contribution < -0.4 is 9.64 Å². The maximum absolute atomic E-state index is 13.9. The number of aromatic hydroxyl groups is 1. The molecule has 1 atom stereocenters. The van der Waals surface area contributed by atoms with Gasteiger partial charge in [0.05, 0.1) is 18.7 Å². The van der Waals surface area contributed by atoms with Gasteiger partial charge in [0.25, 0.3) is 11.7 Å². The molecular weight excluding hydrogens is 422 g/mol. The van der Waals surface area contributed by atoms with Crippen LogP contribution in [-0.2, 0) is 9.59 Å². The van der Waals surface area contributed by atoms with Gasteiger partial charge in [-0.1, -0.05) is 6.07 Å². The summed E-state index contributed by atoms with van der Waals surface area (Å²) in [4.78, 5) is 30.7. The number of rotatable bonds is 4. The Kier molecular flexibility index (Phi) is 5.31. The molecule has 1 aliphatic rings. The topological polar surface area (TPSA) is 100.0 Å². The third-order valence-corrected chi connectivity index (χ3v) is 5.10. The SMILES string of the molecule is COc1ccc(C2/C(=C(\O)c3ccncc3)C(=O)C(=O)N2c2ccc(F)c(F)c2)cc1O. The van der Waals surface area contributed by atoms with Crippen LogP contribution in [0.25, 0.3) is 5.76 Å². The number of carbonyl (C=O) groups excluding carboxylic acids is 2. The first kappa shape index (κ1) is 21.0. The van der Waals surface area contributed by atoms with E-state index in [1.54, 1.807) is 0 Å². The second-order valence-corrected chi connectivity index (χ2v) is 6.93. The number of halogens is 2. The smallest absolute Gasteiger partial charge is 0.300 e. The van der Waals surface area contributed by atoms with Gasteiger partial charge in [0, 0.05) is 29.7 Å². The molecule has 1 saturated heterocycles. The van der Waals surface area contributed by atoms with E-state index in [0.717, 1.165) is 23.1 Å². The van der Waals surface area contributed by atoms with Crippen LogP contribution in [0.5, 0.6) is 11.5 Å². The van der Waals surface area contributed by atoms with Crippen molar-refractivity contribution in [2.24, 2.45) is 0 Å². The molecule has 0 radical (unpaired) electrons. The van der Waals surface area contributed by atoms with Gasteiger partial charge >= 0.3 is 0 Å². The third kappa shape index (κ3) is 3.43. The number of phenolic OH excluding ortho intramolecular Hbond substituents is 1. The average Bonchev–Trinajstić information content (AvgIpc) is 3.06. The van der Waals surface area contributed by atoms with Crippen molar-refractivity contribution in [3.63, 3.8) is 0 Å². The number of methoxy groups -OCH3 is 1. The second kappa shape index (κ2) is 8.10. The van der Waals surface area contributed by atoms with Crippen LogP contribution in [0.15, 0.2) is 66.5 Å². The molecule has 4 rings (SSSR count). The third-order valence-electron chi connectivity index (χ3n) is 5.10. The Bertz CT molecular complexity index is 1260. The molecule has 1 aliphatic heterocycles. The van der Waals surface area contributed by atoms with E-state index >= 15 is 0 Å². The summed E-state index contributed by atoms with van der Waals surface area (Å²) >= 11 is 0. The van der Waals surface area contributed by atoms with Crippen molar-refractivity contribution < 1.29 is 33.3 Å². The van der Waals surface area contributed by atoms with E-state index in [9.17, 15) is 28.6 Å². The number of anilines is 1. The number of pyridine rings is 1. The van der Waals surface area contributed by atoms with Gasteiger partial charge in [-0.15, -0.1) is 0 Å². The highest BCUT2D eigenvalue weighted by Gasteiger charge is 2.47. The van der Waals surface area contributed by atoms with E-state index in [2.05, 4.69) is 4.98 Å². The first-order chi connectivity index (χ1) is 15.3. The number of hydrogen-bond acceptors (Lipinski definition) is 6. The van der Waals surface area contributed by atoms with Crippen LogP contribution in [0.3, 0.4) is 0 Å². The van der Waals surface area contributed by atoms with Gasteiger partial charge in [-0.25, -0.2) is 8.78 Å². The zero-order valence-corrected chi connectivity index (χ0v) is 16.6. The maximum Gasteiger partial charge on any atom is 0.300 e. The molecule has 0 saturated carbocycles. The Balaban J connectivity index is 1.97. The number of carbonyl (C=O) groups is 2. The Morgan fingerprint density at radius 3 is 2.38 bits per heavy atom. The fourth-order valence-electron chi connectivity index (χ4n) is 3.59. The van der Waals surface area contributed by atoms with E-state index in [1.165, 1.54) is 49.8 Å². The number of hydrogen-bond donors (Lipinski definition) is 2. The zero-order chi connectivity index (χ0) is 23.0. The summed E-state index contributed by atoms with van der Waals surface area (Å²) in [7, 11) is 1.35. The molecule has 3 aromatic rings. The van der Waals surface area contributed by atoms with Crippen molar-refractivity contribution >= 4 is 23.1 Å². The summed E-state index contributed by atoms with van der Waals surface area (Å²) in [5, 5.41) is 21.2. The van der Waals surface area contributed by atoms with Gasteiger partial charge in [-0.05, 0) is 42.0 Å². The number of aliphatic hydroxyl groups is 1. The summed E-state index contributed by atoms with van der Waals surface area (Å²) in [6.45, 7) is 0. The molecule has 0 bridgehead atoms. The molecular formula is C23H16F2N2O5. The number of Topliss-reactive ketones (excluding diaryl/α,β-unsaturated/α-hetero) is 1. The fourth-order valence-corrected chi connectivity index (χ4v) is 3.59. The Labute approximate surface area is 180 Å². The predicted molar refractivity (Wildman–Crippen MR) is 110 cm³/mol. The molecule has 32 heavy (non-hydrogen) atoms. The van der Waals surface area contributed by atoms with Crippen LogP contribution >= 0.6 is 0 Å². The van der Waals surface area contributed by atoms with Gasteiger partial charge in [-0.3, -0.25) is 19.5 Å². The normalized spacial score (nSPS) is 17.6. The van der Waals surface area contributed by atoms with E-state index in [1.807, 2.05) is 0 Å². The van der Waals surface area contributed by atoms with Crippen molar-refractivity contribution in [1.82, 2.24) is 4.98 Å². The molecule has 0 spiro atoms. The highest BCUT2D eigenvalue weighted by molar-refractivity contribution is 6.51. The van der Waals surface area contributed by atoms with E-state index in [-0.39, 0.29) is 33.9 Å². The molecule has 1 aromatic heterocycles. The van der Waals surface area contributed by atoms with E-state index in [4.69, 9.17) is 4.74 Å². The first-order valence-corrected chi connectivity index (χ1v) is 9.37. The van der Waals surface area contributed by atoms with Crippen LogP contribution in [0.2, 0.25) is 0 Å². The van der Waals surface area contributed by atoms with Crippen LogP contribution in [0.1, 0.15) is 17.2 Å². The molecule has 2 aromatic carbocycles. The number of aromatic nitrogens is 1. The lowest BCUT2D eigenvalue weighted by Crippen LogP contribution is -2.29. The standard InChI is InChI=1S/C23H16F2N2O5/c1-32-18-5-2-13(10-17(18)28)20-19(21(29)12-6-8-26-9-7-12)22(30)23(31)27(20)14-3-4-15(24)16(25)11-14/h2-11,20,28-29H,1H3/b21-19+. The first-order valence-electron chi connectivity index (χ1n) is 9.37. The monoisotopic (exact) mass is 438 g/mol. The number of nitrogens with zero attached hydrogens (tertiary/aromatic N) is 2. The fraction of sp³-hybridized carbons (Fsp3) is 0.0870. The van der Waals surface area contributed by atoms with Crippen LogP contribution in [0.4, 0.5) is 14.5 Å². The largest absolute Gasteiger partial charge is 0.507 e. The molecule has 1 amide bonds. The minimum atomic E-state index is -1.23. The summed E-state index contributed by atoms with van der Waals surface area (Å²) < 4.78 is 32.5. The van der Waals surface area contributed by atoms with Gasteiger partial charge in [-0.2, -0.15) is 0 Å². The Morgan fingerprint density at radius 2 is 1.75 bits per heavy atom. The predicted octanol–water partition coefficient (Wildman–Crippen LogP) is 3.70. The molecule has 1 fully saturated rings. The van der Waals surface area contributed by atoms with Crippen molar-refractivity contribution in [2.75, 3.05) is 12.0 Å². The molecule has 9 heteroatoms. The Hall–Kier alpha value is -4.27. The van der Waals surface area contributed by atoms with Gasteiger partial charge in [0.15, 0.2) is 23.1 Å². The minimum absolute atomic E-state index is 0.0971. The summed E-state index contributed by atoms with van der Waals surface area (Å²) in [5.74, 6) is -5.01. The average molecular weight is 438 g/mol. The lowest BCUT2D eigenvalue weighted by molar-refractivity contribution is -0.132. The number of ketones is 1. The lowest BCUT2D eigenvalue weighted by atomic mass is 9.95. The van der Waals surface area contributed by atoms with Crippen LogP contribution in [-0.4, -0.2) is 34.0 Å². The molecule has 1 unspecified atom stereocenters. The molecule has 2 heterocycles.